The highest BCUT2D eigenvalue weighted by Gasteiger charge is 2.27. The first kappa shape index (κ1) is 23.6. The highest BCUT2D eigenvalue weighted by molar-refractivity contribution is 6.32. The maximum Gasteiger partial charge on any atom is 0.338 e. The number of esters is 2. The van der Waals surface area contributed by atoms with Crippen LogP contribution in [0.3, 0.4) is 0 Å². The molecule has 1 amide bonds. The Balaban J connectivity index is 2.79. The molecule has 156 valence electrons. The zero-order chi connectivity index (χ0) is 21.3. The summed E-state index contributed by atoms with van der Waals surface area (Å²) in [6.45, 7) is 5.29. The van der Waals surface area contributed by atoms with Crippen LogP contribution in [-0.2, 0) is 19.1 Å². The Kier molecular flexibility index (Phi) is 9.58. The molecular formula is C19H26ClNO7. The minimum absolute atomic E-state index is 0.101. The van der Waals surface area contributed by atoms with Gasteiger partial charge in [0.05, 0.1) is 31.4 Å². The van der Waals surface area contributed by atoms with E-state index in [2.05, 4.69) is 5.32 Å². The van der Waals surface area contributed by atoms with Crippen LogP contribution in [0.15, 0.2) is 12.1 Å². The number of hydrogen-bond acceptors (Lipinski definition) is 7. The van der Waals surface area contributed by atoms with Gasteiger partial charge in [-0.15, -0.1) is 0 Å². The van der Waals surface area contributed by atoms with E-state index in [4.69, 9.17) is 30.5 Å². The summed E-state index contributed by atoms with van der Waals surface area (Å²) in [5.41, 5.74) is 0.101. The van der Waals surface area contributed by atoms with Crippen molar-refractivity contribution >= 4 is 29.4 Å². The standard InChI is InChI=1S/C19H26ClNO7/c1-6-11(3)16(19(24)26-5)21-15(22)10-28-18(23)12-8-13(20)17(27-7-2)14(9-12)25-4/h8-9,11,16H,6-7,10H2,1-5H3,(H,21,22)/t11-,16+/m0/s1. The van der Waals surface area contributed by atoms with E-state index in [1.54, 1.807) is 6.92 Å². The zero-order valence-corrected chi connectivity index (χ0v) is 17.4. The fourth-order valence-electron chi connectivity index (χ4n) is 2.35. The number of ether oxygens (including phenoxy) is 4. The molecule has 8 nitrogen and oxygen atoms in total. The molecule has 0 saturated carbocycles. The van der Waals surface area contributed by atoms with Gasteiger partial charge in [-0.3, -0.25) is 4.79 Å². The summed E-state index contributed by atoms with van der Waals surface area (Å²) in [4.78, 5) is 36.2. The van der Waals surface area contributed by atoms with Crippen molar-refractivity contribution in [3.8, 4) is 11.5 Å². The zero-order valence-electron chi connectivity index (χ0n) is 16.7. The summed E-state index contributed by atoms with van der Waals surface area (Å²) in [5.74, 6) is -1.49. The normalized spacial score (nSPS) is 12.5. The van der Waals surface area contributed by atoms with E-state index in [1.807, 2.05) is 13.8 Å². The van der Waals surface area contributed by atoms with Crippen LogP contribution < -0.4 is 14.8 Å². The lowest BCUT2D eigenvalue weighted by Gasteiger charge is -2.21. The second kappa shape index (κ2) is 11.4. The maximum absolute atomic E-state index is 12.3. The molecule has 1 aromatic carbocycles. The Hall–Kier alpha value is -2.48. The third-order valence-electron chi connectivity index (χ3n) is 4.07. The van der Waals surface area contributed by atoms with Crippen LogP contribution in [0.5, 0.6) is 11.5 Å². The Bertz CT molecular complexity index is 708. The van der Waals surface area contributed by atoms with Crippen molar-refractivity contribution < 1.29 is 33.3 Å². The number of carbonyl (C=O) groups excluding carboxylic acids is 3. The SMILES string of the molecule is CCOc1c(Cl)cc(C(=O)OCC(=O)N[C@@H](C(=O)OC)[C@@H](C)CC)cc1OC. The van der Waals surface area contributed by atoms with Crippen molar-refractivity contribution in [3.05, 3.63) is 22.7 Å². The number of halogens is 1. The Labute approximate surface area is 169 Å². The third-order valence-corrected chi connectivity index (χ3v) is 4.35. The maximum atomic E-state index is 12.3. The van der Waals surface area contributed by atoms with Gasteiger partial charge >= 0.3 is 11.9 Å². The van der Waals surface area contributed by atoms with Crippen LogP contribution in [0.1, 0.15) is 37.6 Å². The van der Waals surface area contributed by atoms with Gasteiger partial charge in [0.15, 0.2) is 18.1 Å². The quantitative estimate of drug-likeness (QED) is 0.586. The van der Waals surface area contributed by atoms with Crippen molar-refractivity contribution in [1.29, 1.82) is 0 Å². The van der Waals surface area contributed by atoms with E-state index in [0.29, 0.717) is 18.8 Å². The Morgan fingerprint density at radius 2 is 1.86 bits per heavy atom. The molecule has 1 aromatic rings. The van der Waals surface area contributed by atoms with E-state index in [0.717, 1.165) is 0 Å². The molecule has 0 aromatic heterocycles. The largest absolute Gasteiger partial charge is 0.493 e. The topological polar surface area (TPSA) is 100 Å². The van der Waals surface area contributed by atoms with Crippen LogP contribution in [-0.4, -0.2) is 51.3 Å². The molecule has 0 bridgehead atoms. The molecule has 0 heterocycles. The van der Waals surface area contributed by atoms with Gasteiger partial charge in [-0.2, -0.15) is 0 Å². The molecule has 0 unspecified atom stereocenters. The van der Waals surface area contributed by atoms with Gasteiger partial charge in [0, 0.05) is 0 Å². The minimum atomic E-state index is -0.818. The lowest BCUT2D eigenvalue weighted by molar-refractivity contribution is -0.147. The summed E-state index contributed by atoms with van der Waals surface area (Å²) >= 11 is 6.13. The van der Waals surface area contributed by atoms with Crippen LogP contribution in [0.4, 0.5) is 0 Å². The van der Waals surface area contributed by atoms with Crippen molar-refractivity contribution in [2.75, 3.05) is 27.4 Å². The minimum Gasteiger partial charge on any atom is -0.493 e. The fraction of sp³-hybridized carbons (Fsp3) is 0.526. The molecule has 1 rings (SSSR count). The van der Waals surface area contributed by atoms with E-state index in [-0.39, 0.29) is 22.3 Å². The average molecular weight is 416 g/mol. The number of nitrogens with one attached hydrogen (secondary N) is 1. The number of hydrogen-bond donors (Lipinski definition) is 1. The van der Waals surface area contributed by atoms with Gasteiger partial charge in [0.25, 0.3) is 5.91 Å². The summed E-state index contributed by atoms with van der Waals surface area (Å²) in [7, 11) is 2.66. The lowest BCUT2D eigenvalue weighted by Crippen LogP contribution is -2.47. The molecule has 0 fully saturated rings. The van der Waals surface area contributed by atoms with Crippen molar-refractivity contribution in [2.24, 2.45) is 5.92 Å². The third kappa shape index (κ3) is 6.30. The molecular weight excluding hydrogens is 390 g/mol. The smallest absolute Gasteiger partial charge is 0.338 e. The lowest BCUT2D eigenvalue weighted by atomic mass is 9.99. The highest BCUT2D eigenvalue weighted by atomic mass is 35.5. The van der Waals surface area contributed by atoms with Crippen molar-refractivity contribution in [3.63, 3.8) is 0 Å². The van der Waals surface area contributed by atoms with Gasteiger partial charge in [-0.25, -0.2) is 9.59 Å². The molecule has 2 atom stereocenters. The van der Waals surface area contributed by atoms with Crippen molar-refractivity contribution in [1.82, 2.24) is 5.32 Å². The Morgan fingerprint density at radius 3 is 2.39 bits per heavy atom. The summed E-state index contributed by atoms with van der Waals surface area (Å²) in [6.07, 6.45) is 0.657. The fourth-order valence-corrected chi connectivity index (χ4v) is 2.61. The van der Waals surface area contributed by atoms with E-state index in [9.17, 15) is 14.4 Å². The molecule has 9 heteroatoms. The van der Waals surface area contributed by atoms with Gasteiger partial charge < -0.3 is 24.3 Å². The molecule has 0 spiro atoms. The average Bonchev–Trinajstić information content (AvgIpc) is 2.70. The number of carbonyl (C=O) groups is 3. The predicted octanol–water partition coefficient (Wildman–Crippen LogP) is 2.61. The van der Waals surface area contributed by atoms with Gasteiger partial charge in [0.1, 0.15) is 6.04 Å². The molecule has 0 radical (unpaired) electrons. The summed E-state index contributed by atoms with van der Waals surface area (Å²) in [6, 6.07) is 1.96. The monoisotopic (exact) mass is 415 g/mol. The first-order valence-corrected chi connectivity index (χ1v) is 9.21. The van der Waals surface area contributed by atoms with Crippen LogP contribution in [0, 0.1) is 5.92 Å². The van der Waals surface area contributed by atoms with Gasteiger partial charge in [-0.1, -0.05) is 31.9 Å². The summed E-state index contributed by atoms with van der Waals surface area (Å²) < 4.78 is 20.3. The van der Waals surface area contributed by atoms with E-state index < -0.39 is 30.5 Å². The predicted molar refractivity (Wildman–Crippen MR) is 103 cm³/mol. The Morgan fingerprint density at radius 1 is 1.18 bits per heavy atom. The number of amides is 1. The molecule has 0 saturated heterocycles. The first-order chi connectivity index (χ1) is 13.3. The molecule has 1 N–H and O–H groups in total. The first-order valence-electron chi connectivity index (χ1n) is 8.83. The van der Waals surface area contributed by atoms with Crippen molar-refractivity contribution in [2.45, 2.75) is 33.2 Å². The van der Waals surface area contributed by atoms with Crippen LogP contribution in [0.25, 0.3) is 0 Å². The second-order valence-corrected chi connectivity index (χ2v) is 6.36. The number of rotatable bonds is 10. The van der Waals surface area contributed by atoms with Crippen LogP contribution >= 0.6 is 11.6 Å². The molecule has 0 aliphatic rings. The molecule has 0 aliphatic heterocycles. The molecule has 28 heavy (non-hydrogen) atoms. The van der Waals surface area contributed by atoms with Gasteiger partial charge in [0.2, 0.25) is 0 Å². The molecule has 0 aliphatic carbocycles. The second-order valence-electron chi connectivity index (χ2n) is 5.95. The van der Waals surface area contributed by atoms with Crippen LogP contribution in [0.2, 0.25) is 5.02 Å². The van der Waals surface area contributed by atoms with Gasteiger partial charge in [-0.05, 0) is 25.0 Å². The number of benzene rings is 1. The van der Waals surface area contributed by atoms with E-state index in [1.165, 1.54) is 26.4 Å². The number of methoxy groups -OCH3 is 2. The van der Waals surface area contributed by atoms with E-state index >= 15 is 0 Å². The highest BCUT2D eigenvalue weighted by Crippen LogP contribution is 2.36. The summed E-state index contributed by atoms with van der Waals surface area (Å²) in [5, 5.41) is 2.70.